The van der Waals surface area contributed by atoms with Gasteiger partial charge in [-0.25, -0.2) is 0 Å². The average Bonchev–Trinajstić information content (AvgIpc) is 2.29. The third-order valence-corrected chi connectivity index (χ3v) is 2.23. The van der Waals surface area contributed by atoms with E-state index in [9.17, 15) is 14.7 Å². The smallest absolute Gasteiger partial charge is 0.220 e. The Kier molecular flexibility index (Phi) is 5.00. The van der Waals surface area contributed by atoms with Crippen LogP contribution in [0.4, 0.5) is 0 Å². The molecule has 0 aliphatic heterocycles. The van der Waals surface area contributed by atoms with Crippen LogP contribution in [0.2, 0.25) is 0 Å². The molecule has 5 nitrogen and oxygen atoms in total. The summed E-state index contributed by atoms with van der Waals surface area (Å²) < 4.78 is 0. The maximum atomic E-state index is 11.1. The van der Waals surface area contributed by atoms with Crippen molar-refractivity contribution < 1.29 is 19.8 Å². The van der Waals surface area contributed by atoms with E-state index in [1.165, 1.54) is 0 Å². The first kappa shape index (κ1) is 13.0. The van der Waals surface area contributed by atoms with E-state index < -0.39 is 5.97 Å². The van der Waals surface area contributed by atoms with Crippen molar-refractivity contribution in [2.75, 3.05) is 6.54 Å². The standard InChI is InChI=1S/C12H15NO4/c14-10-3-1-9(2-4-10)7-8-13-11(15)5-6-12(16)17/h1-4,14H,5-8H2,(H,13,15)(H,16,17)/p-1. The Morgan fingerprint density at radius 3 is 2.41 bits per heavy atom. The number of amides is 1. The van der Waals surface area contributed by atoms with Crippen LogP contribution < -0.4 is 10.4 Å². The number of hydrogen-bond donors (Lipinski definition) is 2. The summed E-state index contributed by atoms with van der Waals surface area (Å²) in [7, 11) is 0. The molecule has 1 amide bonds. The fourth-order valence-electron chi connectivity index (χ4n) is 1.31. The zero-order chi connectivity index (χ0) is 12.7. The Morgan fingerprint density at radius 2 is 1.82 bits per heavy atom. The largest absolute Gasteiger partial charge is 0.550 e. The van der Waals surface area contributed by atoms with Gasteiger partial charge in [-0.15, -0.1) is 0 Å². The number of phenolic OH excluding ortho intramolecular Hbond substituents is 1. The molecule has 0 saturated heterocycles. The highest BCUT2D eigenvalue weighted by atomic mass is 16.4. The molecule has 0 spiro atoms. The first-order valence-corrected chi connectivity index (χ1v) is 5.32. The van der Waals surface area contributed by atoms with Gasteiger partial charge in [0.15, 0.2) is 0 Å². The van der Waals surface area contributed by atoms with E-state index >= 15 is 0 Å². The second-order valence-electron chi connectivity index (χ2n) is 3.64. The number of carbonyl (C=O) groups excluding carboxylic acids is 2. The van der Waals surface area contributed by atoms with Crippen LogP contribution in [0, 0.1) is 0 Å². The van der Waals surface area contributed by atoms with E-state index in [1.807, 2.05) is 0 Å². The number of phenols is 1. The molecule has 1 rings (SSSR count). The molecule has 0 saturated carbocycles. The lowest BCUT2D eigenvalue weighted by atomic mass is 10.1. The number of aliphatic carboxylic acids is 1. The summed E-state index contributed by atoms with van der Waals surface area (Å²) in [5.74, 6) is -1.32. The minimum absolute atomic E-state index is 0.0576. The highest BCUT2D eigenvalue weighted by molar-refractivity contribution is 5.79. The number of carboxylic acid groups (broad SMARTS) is 1. The third kappa shape index (κ3) is 5.55. The molecule has 5 heteroatoms. The summed E-state index contributed by atoms with van der Waals surface area (Å²) >= 11 is 0. The maximum Gasteiger partial charge on any atom is 0.220 e. The lowest BCUT2D eigenvalue weighted by Gasteiger charge is -2.05. The van der Waals surface area contributed by atoms with Gasteiger partial charge in [0, 0.05) is 18.9 Å². The first-order valence-electron chi connectivity index (χ1n) is 5.32. The van der Waals surface area contributed by atoms with Crippen molar-refractivity contribution >= 4 is 11.9 Å². The van der Waals surface area contributed by atoms with Crippen LogP contribution in [0.5, 0.6) is 5.75 Å². The highest BCUT2D eigenvalue weighted by Gasteiger charge is 2.00. The molecule has 0 aliphatic rings. The second-order valence-corrected chi connectivity index (χ2v) is 3.64. The zero-order valence-corrected chi connectivity index (χ0v) is 9.31. The monoisotopic (exact) mass is 236 g/mol. The van der Waals surface area contributed by atoms with Crippen molar-refractivity contribution in [3.05, 3.63) is 29.8 Å². The summed E-state index contributed by atoms with van der Waals surface area (Å²) in [6.07, 6.45) is 0.320. The van der Waals surface area contributed by atoms with Gasteiger partial charge in [-0.1, -0.05) is 12.1 Å². The maximum absolute atomic E-state index is 11.1. The molecule has 0 heterocycles. The molecule has 92 valence electrons. The molecule has 17 heavy (non-hydrogen) atoms. The number of aromatic hydroxyl groups is 1. The van der Waals surface area contributed by atoms with Crippen LogP contribution in [0.3, 0.4) is 0 Å². The van der Waals surface area contributed by atoms with Crippen LogP contribution in [0.1, 0.15) is 18.4 Å². The number of nitrogens with one attached hydrogen (secondary N) is 1. The Balaban J connectivity index is 2.21. The quantitative estimate of drug-likeness (QED) is 0.702. The number of benzene rings is 1. The van der Waals surface area contributed by atoms with E-state index in [4.69, 9.17) is 5.11 Å². The van der Waals surface area contributed by atoms with Gasteiger partial charge >= 0.3 is 0 Å². The fourth-order valence-corrected chi connectivity index (χ4v) is 1.31. The van der Waals surface area contributed by atoms with Gasteiger partial charge in [-0.05, 0) is 30.5 Å². The first-order chi connectivity index (χ1) is 8.08. The highest BCUT2D eigenvalue weighted by Crippen LogP contribution is 2.09. The predicted octanol–water partition coefficient (Wildman–Crippen LogP) is -0.419. The van der Waals surface area contributed by atoms with Crippen molar-refractivity contribution in [1.82, 2.24) is 5.32 Å². The van der Waals surface area contributed by atoms with Crippen LogP contribution in [0.15, 0.2) is 24.3 Å². The van der Waals surface area contributed by atoms with Crippen LogP contribution >= 0.6 is 0 Å². The molecule has 0 unspecified atom stereocenters. The summed E-state index contributed by atoms with van der Waals surface area (Å²) in [5, 5.41) is 21.8. The Bertz CT molecular complexity index is 386. The lowest BCUT2D eigenvalue weighted by molar-refractivity contribution is -0.305. The topological polar surface area (TPSA) is 89.5 Å². The third-order valence-electron chi connectivity index (χ3n) is 2.23. The number of carboxylic acids is 1. The normalized spacial score (nSPS) is 9.88. The summed E-state index contributed by atoms with van der Waals surface area (Å²) in [4.78, 5) is 21.3. The van der Waals surface area contributed by atoms with Crippen LogP contribution in [-0.4, -0.2) is 23.5 Å². The Morgan fingerprint density at radius 1 is 1.18 bits per heavy atom. The molecule has 0 aliphatic carbocycles. The van der Waals surface area contributed by atoms with E-state index in [1.54, 1.807) is 24.3 Å². The SMILES string of the molecule is O=C([O-])CCC(=O)NCCc1ccc(O)cc1. The molecular formula is C12H14NO4-. The summed E-state index contributed by atoms with van der Waals surface area (Å²) in [6, 6.07) is 6.69. The van der Waals surface area contributed by atoms with Gasteiger partial charge in [0.2, 0.25) is 5.91 Å². The molecule has 0 fully saturated rings. The average molecular weight is 236 g/mol. The lowest BCUT2D eigenvalue weighted by Crippen LogP contribution is -2.29. The molecule has 0 atom stereocenters. The zero-order valence-electron chi connectivity index (χ0n) is 9.31. The van der Waals surface area contributed by atoms with Gasteiger partial charge in [-0.2, -0.15) is 0 Å². The van der Waals surface area contributed by atoms with Crippen molar-refractivity contribution in [3.63, 3.8) is 0 Å². The number of rotatable bonds is 6. The molecular weight excluding hydrogens is 222 g/mol. The van der Waals surface area contributed by atoms with E-state index in [0.717, 1.165) is 5.56 Å². The van der Waals surface area contributed by atoms with Crippen LogP contribution in [0.25, 0.3) is 0 Å². The number of hydrogen-bond acceptors (Lipinski definition) is 4. The fraction of sp³-hybridized carbons (Fsp3) is 0.333. The molecule has 1 aromatic carbocycles. The Hall–Kier alpha value is -2.04. The molecule has 1 aromatic rings. The Labute approximate surface area is 99.1 Å². The van der Waals surface area contributed by atoms with Crippen molar-refractivity contribution in [1.29, 1.82) is 0 Å². The summed E-state index contributed by atoms with van der Waals surface area (Å²) in [6.45, 7) is 0.441. The van der Waals surface area contributed by atoms with Gasteiger partial charge < -0.3 is 20.3 Å². The van der Waals surface area contributed by atoms with Crippen molar-refractivity contribution in [3.8, 4) is 5.75 Å². The van der Waals surface area contributed by atoms with E-state index in [-0.39, 0.29) is 24.5 Å². The van der Waals surface area contributed by atoms with Gasteiger partial charge in [0.1, 0.15) is 5.75 Å². The van der Waals surface area contributed by atoms with Gasteiger partial charge in [0.25, 0.3) is 0 Å². The summed E-state index contributed by atoms with van der Waals surface area (Å²) in [5.41, 5.74) is 0.989. The van der Waals surface area contributed by atoms with Gasteiger partial charge in [-0.3, -0.25) is 4.79 Å². The molecule has 2 N–H and O–H groups in total. The van der Waals surface area contributed by atoms with E-state index in [0.29, 0.717) is 13.0 Å². The molecule has 0 aromatic heterocycles. The predicted molar refractivity (Wildman–Crippen MR) is 59.1 cm³/mol. The van der Waals surface area contributed by atoms with E-state index in [2.05, 4.69) is 5.32 Å². The van der Waals surface area contributed by atoms with Crippen molar-refractivity contribution in [2.24, 2.45) is 0 Å². The number of carbonyl (C=O) groups is 2. The molecule has 0 bridgehead atoms. The van der Waals surface area contributed by atoms with Crippen molar-refractivity contribution in [2.45, 2.75) is 19.3 Å². The van der Waals surface area contributed by atoms with Gasteiger partial charge in [0.05, 0.1) is 0 Å². The molecule has 0 radical (unpaired) electrons. The minimum Gasteiger partial charge on any atom is -0.550 e. The minimum atomic E-state index is -1.22. The second kappa shape index (κ2) is 6.52. The van der Waals surface area contributed by atoms with Crippen LogP contribution in [-0.2, 0) is 16.0 Å².